The second-order valence-corrected chi connectivity index (χ2v) is 9.77. The Bertz CT molecular complexity index is 1530. The second kappa shape index (κ2) is 9.10. The van der Waals surface area contributed by atoms with Gasteiger partial charge in [-0.3, -0.25) is 14.4 Å². The summed E-state index contributed by atoms with van der Waals surface area (Å²) in [5.74, 6) is 0.892. The Labute approximate surface area is 211 Å². The molecule has 0 aliphatic carbocycles. The van der Waals surface area contributed by atoms with Crippen molar-refractivity contribution in [2.45, 2.75) is 26.3 Å². The number of hydrogen-bond donors (Lipinski definition) is 0. The van der Waals surface area contributed by atoms with Gasteiger partial charge in [0.25, 0.3) is 0 Å². The number of carbonyl (C=O) groups is 1. The molecule has 0 saturated carbocycles. The summed E-state index contributed by atoms with van der Waals surface area (Å²) in [5.41, 5.74) is 5.98. The Balaban J connectivity index is 1.67. The molecule has 7 nitrogen and oxygen atoms in total. The van der Waals surface area contributed by atoms with E-state index in [-0.39, 0.29) is 12.4 Å². The number of halogens is 1. The molecule has 0 fully saturated rings. The number of hydrogen-bond acceptors (Lipinski definition) is 7. The molecule has 174 valence electrons. The van der Waals surface area contributed by atoms with E-state index >= 15 is 0 Å². The molecule has 0 spiro atoms. The Morgan fingerprint density at radius 2 is 1.89 bits per heavy atom. The zero-order valence-electron chi connectivity index (χ0n) is 19.2. The Morgan fingerprint density at radius 3 is 2.60 bits per heavy atom. The van der Waals surface area contributed by atoms with E-state index in [4.69, 9.17) is 21.3 Å². The van der Waals surface area contributed by atoms with Crippen LogP contribution in [-0.4, -0.2) is 33.6 Å². The van der Waals surface area contributed by atoms with Gasteiger partial charge < -0.3 is 4.74 Å². The number of aliphatic imine (C=N–C) groups is 1. The first-order chi connectivity index (χ1) is 16.9. The van der Waals surface area contributed by atoms with E-state index in [1.165, 1.54) is 18.4 Å². The number of nitriles is 1. The minimum absolute atomic E-state index is 0.0406. The number of rotatable bonds is 4. The number of methoxy groups -OCH3 is 1. The van der Waals surface area contributed by atoms with Crippen LogP contribution in [0.25, 0.3) is 16.1 Å². The third-order valence-electron chi connectivity index (χ3n) is 6.01. The lowest BCUT2D eigenvalue weighted by Crippen LogP contribution is -2.12. The molecule has 0 radical (unpaired) electrons. The maximum Gasteiger partial charge on any atom is 0.308 e. The maximum absolute atomic E-state index is 12.2. The first-order valence-corrected chi connectivity index (χ1v) is 12.1. The minimum atomic E-state index is -0.566. The van der Waals surface area contributed by atoms with E-state index in [1.807, 2.05) is 60.9 Å². The lowest BCUT2D eigenvalue weighted by Gasteiger charge is -2.12. The molecule has 0 N–H and O–H groups in total. The van der Waals surface area contributed by atoms with E-state index < -0.39 is 6.04 Å². The maximum atomic E-state index is 12.2. The number of aromatic nitrogens is 3. The van der Waals surface area contributed by atoms with Crippen molar-refractivity contribution in [1.29, 1.82) is 5.26 Å². The van der Waals surface area contributed by atoms with Crippen molar-refractivity contribution in [2.75, 3.05) is 7.11 Å². The average molecular weight is 502 g/mol. The molecule has 0 saturated heterocycles. The number of benzene rings is 2. The third kappa shape index (κ3) is 4.03. The molecule has 0 unspecified atom stereocenters. The number of aryl methyl sites for hydroxylation is 1. The van der Waals surface area contributed by atoms with Crippen molar-refractivity contribution in [3.8, 4) is 22.2 Å². The van der Waals surface area contributed by atoms with Gasteiger partial charge in [-0.25, -0.2) is 0 Å². The molecule has 5 rings (SSSR count). The average Bonchev–Trinajstić information content (AvgIpc) is 3.36. The normalized spacial score (nSPS) is 14.4. The highest BCUT2D eigenvalue weighted by Crippen LogP contribution is 2.42. The lowest BCUT2D eigenvalue weighted by atomic mass is 9.97. The van der Waals surface area contributed by atoms with Crippen LogP contribution < -0.4 is 0 Å². The van der Waals surface area contributed by atoms with Crippen molar-refractivity contribution in [3.63, 3.8) is 0 Å². The fraction of sp³-hybridized carbons (Fsp3) is 0.192. The van der Waals surface area contributed by atoms with Crippen molar-refractivity contribution in [2.24, 2.45) is 4.99 Å². The van der Waals surface area contributed by atoms with E-state index in [0.717, 1.165) is 38.5 Å². The Hall–Kier alpha value is -3.80. The first kappa shape index (κ1) is 23.0. The van der Waals surface area contributed by atoms with Gasteiger partial charge in [-0.15, -0.1) is 21.5 Å². The molecule has 1 aliphatic heterocycles. The second-order valence-electron chi connectivity index (χ2n) is 8.17. The molecule has 1 atom stereocenters. The molecule has 2 aromatic carbocycles. The van der Waals surface area contributed by atoms with Crippen molar-refractivity contribution in [1.82, 2.24) is 14.8 Å². The first-order valence-electron chi connectivity index (χ1n) is 10.9. The summed E-state index contributed by atoms with van der Waals surface area (Å²) in [6, 6.07) is 17.1. The molecule has 3 heterocycles. The summed E-state index contributed by atoms with van der Waals surface area (Å²) in [7, 11) is 1.36. The van der Waals surface area contributed by atoms with Gasteiger partial charge >= 0.3 is 5.97 Å². The number of nitrogens with zero attached hydrogens (tertiary/aromatic N) is 5. The number of ether oxygens (including phenoxy) is 1. The van der Waals surface area contributed by atoms with Gasteiger partial charge in [0.15, 0.2) is 5.82 Å². The highest BCUT2D eigenvalue weighted by molar-refractivity contribution is 7.19. The predicted molar refractivity (Wildman–Crippen MR) is 135 cm³/mol. The van der Waals surface area contributed by atoms with Gasteiger partial charge in [-0.1, -0.05) is 48.0 Å². The number of fused-ring (bicyclic) bond motifs is 3. The minimum Gasteiger partial charge on any atom is -0.469 e. The van der Waals surface area contributed by atoms with Gasteiger partial charge in [-0.2, -0.15) is 5.26 Å². The monoisotopic (exact) mass is 501 g/mol. The quantitative estimate of drug-likeness (QED) is 0.340. The molecule has 9 heteroatoms. The molecule has 2 aromatic heterocycles. The van der Waals surface area contributed by atoms with E-state index in [0.29, 0.717) is 21.5 Å². The summed E-state index contributed by atoms with van der Waals surface area (Å²) in [5, 5.41) is 18.7. The lowest BCUT2D eigenvalue weighted by molar-refractivity contribution is -0.141. The summed E-state index contributed by atoms with van der Waals surface area (Å²) in [6.45, 7) is 3.84. The van der Waals surface area contributed by atoms with Crippen molar-refractivity contribution in [3.05, 3.63) is 86.8 Å². The topological polar surface area (TPSA) is 93.2 Å². The van der Waals surface area contributed by atoms with E-state index in [1.54, 1.807) is 6.07 Å². The standard InChI is InChI=1S/C26H20ClN5O2S/c1-14-22-23(18-9-7-17(8-10-18)19-6-4-5-16(11-19)13-28)29-20(12-21(33)34-3)25-31-30-15(2)32(25)26(22)35-24(14)27/h4-11,20H,12H2,1-3H3/t20-/m0/s1. The van der Waals surface area contributed by atoms with Crippen LogP contribution in [0.1, 0.15) is 46.4 Å². The SMILES string of the molecule is COC(=O)C[C@@H]1N=C(c2ccc(-c3cccc(C#N)c3)cc2)c2c(sc(Cl)c2C)-n2c(C)nnc21. The van der Waals surface area contributed by atoms with Crippen LogP contribution in [0.3, 0.4) is 0 Å². The van der Waals surface area contributed by atoms with Crippen LogP contribution in [0.5, 0.6) is 0 Å². The smallest absolute Gasteiger partial charge is 0.308 e. The number of esters is 1. The van der Waals surface area contributed by atoms with Crippen LogP contribution in [0.4, 0.5) is 0 Å². The molecular weight excluding hydrogens is 482 g/mol. The van der Waals surface area contributed by atoms with Gasteiger partial charge in [0.2, 0.25) is 0 Å². The zero-order chi connectivity index (χ0) is 24.7. The van der Waals surface area contributed by atoms with Gasteiger partial charge in [0.1, 0.15) is 16.9 Å². The van der Waals surface area contributed by atoms with Gasteiger partial charge in [0.05, 0.1) is 35.2 Å². The molecule has 35 heavy (non-hydrogen) atoms. The van der Waals surface area contributed by atoms with Gasteiger partial charge in [0, 0.05) is 11.1 Å². The summed E-state index contributed by atoms with van der Waals surface area (Å²) in [4.78, 5) is 17.3. The number of thiophene rings is 1. The van der Waals surface area contributed by atoms with E-state index in [2.05, 4.69) is 16.3 Å². The Kier molecular flexibility index (Phi) is 5.97. The molecule has 0 amide bonds. The van der Waals surface area contributed by atoms with Crippen LogP contribution in [0.2, 0.25) is 4.34 Å². The molecule has 4 aromatic rings. The highest BCUT2D eigenvalue weighted by atomic mass is 35.5. The predicted octanol–water partition coefficient (Wildman–Crippen LogP) is 5.59. The summed E-state index contributed by atoms with van der Waals surface area (Å²) < 4.78 is 7.53. The molecular formula is C26H20ClN5O2S. The summed E-state index contributed by atoms with van der Waals surface area (Å²) >= 11 is 8.04. The highest BCUT2D eigenvalue weighted by Gasteiger charge is 2.32. The van der Waals surface area contributed by atoms with Gasteiger partial charge in [-0.05, 0) is 42.7 Å². The largest absolute Gasteiger partial charge is 0.469 e. The van der Waals surface area contributed by atoms with E-state index in [9.17, 15) is 10.1 Å². The van der Waals surface area contributed by atoms with Crippen LogP contribution in [0, 0.1) is 25.2 Å². The fourth-order valence-corrected chi connectivity index (χ4v) is 5.62. The van der Waals surface area contributed by atoms with Crippen molar-refractivity contribution >= 4 is 34.6 Å². The molecule has 0 bridgehead atoms. The molecule has 1 aliphatic rings. The summed E-state index contributed by atoms with van der Waals surface area (Å²) in [6.07, 6.45) is 0.0406. The Morgan fingerprint density at radius 1 is 1.14 bits per heavy atom. The fourth-order valence-electron chi connectivity index (χ4n) is 4.22. The zero-order valence-corrected chi connectivity index (χ0v) is 20.8. The van der Waals surface area contributed by atoms with Crippen LogP contribution in [-0.2, 0) is 9.53 Å². The van der Waals surface area contributed by atoms with Crippen LogP contribution >= 0.6 is 22.9 Å². The van der Waals surface area contributed by atoms with Crippen LogP contribution in [0.15, 0.2) is 53.5 Å². The number of carbonyl (C=O) groups excluding carboxylic acids is 1. The third-order valence-corrected chi connectivity index (χ3v) is 7.59. The van der Waals surface area contributed by atoms with Crippen molar-refractivity contribution < 1.29 is 9.53 Å².